The summed E-state index contributed by atoms with van der Waals surface area (Å²) >= 11 is 1.65. The van der Waals surface area contributed by atoms with Gasteiger partial charge in [-0.05, 0) is 18.3 Å². The fraction of sp³-hybridized carbons (Fsp3) is 0.733. The lowest BCUT2D eigenvalue weighted by atomic mass is 9.76. The Morgan fingerprint density at radius 3 is 2.55 bits per heavy atom. The molecule has 1 saturated heterocycles. The molecule has 126 valence electrons. The van der Waals surface area contributed by atoms with Gasteiger partial charge in [0, 0.05) is 43.7 Å². The van der Waals surface area contributed by atoms with Gasteiger partial charge in [0.25, 0.3) is 0 Å². The highest BCUT2D eigenvalue weighted by atomic mass is 79.9. The number of likely N-dealkylation sites (tertiary alicyclic amines) is 1. The second-order valence-corrected chi connectivity index (χ2v) is 7.64. The third kappa shape index (κ3) is 3.74. The Balaban J connectivity index is 0.00000242. The van der Waals surface area contributed by atoms with Gasteiger partial charge in [-0.15, -0.1) is 28.3 Å². The Morgan fingerprint density at radius 2 is 2.09 bits per heavy atom. The fourth-order valence-corrected chi connectivity index (χ4v) is 4.18. The van der Waals surface area contributed by atoms with Crippen molar-refractivity contribution in [3.05, 3.63) is 15.9 Å². The normalized spacial score (nSPS) is 23.3. The third-order valence-corrected chi connectivity index (χ3v) is 5.44. The molecule has 1 aliphatic rings. The molecule has 2 unspecified atom stereocenters. The summed E-state index contributed by atoms with van der Waals surface area (Å²) in [5, 5.41) is 11.6. The molecule has 2 rings (SSSR count). The maximum atomic E-state index is 11.5. The number of carbonyl (C=O) groups is 1. The van der Waals surface area contributed by atoms with Crippen molar-refractivity contribution >= 4 is 34.4 Å². The molecule has 1 amide bonds. The van der Waals surface area contributed by atoms with E-state index in [4.69, 9.17) is 0 Å². The van der Waals surface area contributed by atoms with E-state index < -0.39 is 6.09 Å². The first-order chi connectivity index (χ1) is 9.75. The zero-order chi connectivity index (χ0) is 15.8. The Labute approximate surface area is 146 Å². The summed E-state index contributed by atoms with van der Waals surface area (Å²) in [5.41, 5.74) is 1.23. The van der Waals surface area contributed by atoms with E-state index in [0.717, 1.165) is 17.6 Å². The Kier molecular flexibility index (Phi) is 6.27. The minimum Gasteiger partial charge on any atom is -0.465 e. The summed E-state index contributed by atoms with van der Waals surface area (Å²) in [4.78, 5) is 18.4. The summed E-state index contributed by atoms with van der Waals surface area (Å²) in [6, 6.07) is 0.0515. The van der Waals surface area contributed by atoms with Crippen molar-refractivity contribution in [1.82, 2.24) is 9.47 Å². The molecule has 2 heterocycles. The molecular weight excluding hydrogens is 366 g/mol. The van der Waals surface area contributed by atoms with Crippen LogP contribution in [0.15, 0.2) is 10.4 Å². The van der Waals surface area contributed by atoms with Gasteiger partial charge in [0.1, 0.15) is 0 Å². The van der Waals surface area contributed by atoms with Crippen LogP contribution in [0.1, 0.15) is 45.2 Å². The molecule has 0 spiro atoms. The number of rotatable bonds is 1. The number of aromatic nitrogens is 1. The first kappa shape index (κ1) is 19.2. The molecule has 1 aromatic heterocycles. The first-order valence-corrected chi connectivity index (χ1v) is 8.20. The lowest BCUT2D eigenvalue weighted by Gasteiger charge is -2.44. The molecule has 0 aliphatic carbocycles. The van der Waals surface area contributed by atoms with Crippen LogP contribution in [0.2, 0.25) is 0 Å². The maximum Gasteiger partial charge on any atom is 0.407 e. The van der Waals surface area contributed by atoms with E-state index in [0.29, 0.717) is 12.5 Å². The van der Waals surface area contributed by atoms with E-state index in [2.05, 4.69) is 35.7 Å². The SMILES string of the molecule is Br.C/N=c1\scc(C2CCN(C(=O)O)C(C(C)(C)C)C2)n1C. The minimum atomic E-state index is -0.799. The topological polar surface area (TPSA) is 57.8 Å². The molecule has 0 aromatic carbocycles. The molecular formula is C15H26BrN3O2S. The van der Waals surface area contributed by atoms with Crippen LogP contribution in [0, 0.1) is 5.41 Å². The van der Waals surface area contributed by atoms with Gasteiger partial charge < -0.3 is 14.6 Å². The number of nitrogens with zero attached hydrogens (tertiary/aromatic N) is 3. The summed E-state index contributed by atoms with van der Waals surface area (Å²) in [5.74, 6) is 0.404. The smallest absolute Gasteiger partial charge is 0.407 e. The number of amides is 1. The second-order valence-electron chi connectivity index (χ2n) is 6.80. The zero-order valence-corrected chi connectivity index (χ0v) is 16.4. The van der Waals surface area contributed by atoms with Crippen molar-refractivity contribution in [1.29, 1.82) is 0 Å². The van der Waals surface area contributed by atoms with Gasteiger partial charge in [-0.2, -0.15) is 0 Å². The monoisotopic (exact) mass is 391 g/mol. The van der Waals surface area contributed by atoms with Gasteiger partial charge in [0.05, 0.1) is 0 Å². The highest BCUT2D eigenvalue weighted by molar-refractivity contribution is 8.93. The van der Waals surface area contributed by atoms with Gasteiger partial charge >= 0.3 is 6.09 Å². The van der Waals surface area contributed by atoms with Crippen molar-refractivity contribution in [2.24, 2.45) is 17.5 Å². The van der Waals surface area contributed by atoms with Crippen LogP contribution in [0.4, 0.5) is 4.79 Å². The summed E-state index contributed by atoms with van der Waals surface area (Å²) in [6.45, 7) is 6.97. The van der Waals surface area contributed by atoms with E-state index in [1.807, 2.05) is 7.05 Å². The van der Waals surface area contributed by atoms with Crippen molar-refractivity contribution in [3.8, 4) is 0 Å². The van der Waals surface area contributed by atoms with Crippen molar-refractivity contribution in [3.63, 3.8) is 0 Å². The zero-order valence-electron chi connectivity index (χ0n) is 13.9. The number of carboxylic acid groups (broad SMARTS) is 1. The standard InChI is InChI=1S/C15H25N3O2S.BrH/c1-15(2,3)12-8-10(6-7-18(12)14(19)20)11-9-21-13(16-4)17(11)5;/h9-10,12H,6-8H2,1-5H3,(H,19,20);1H/b16-13-;. The molecule has 1 aliphatic heterocycles. The van der Waals surface area contributed by atoms with Crippen LogP contribution < -0.4 is 4.80 Å². The van der Waals surface area contributed by atoms with Crippen LogP contribution in [0.25, 0.3) is 0 Å². The van der Waals surface area contributed by atoms with Gasteiger partial charge in [-0.25, -0.2) is 4.79 Å². The van der Waals surface area contributed by atoms with Gasteiger partial charge in [0.2, 0.25) is 0 Å². The number of thiazole rings is 1. The highest BCUT2D eigenvalue weighted by Gasteiger charge is 2.39. The van der Waals surface area contributed by atoms with E-state index >= 15 is 0 Å². The third-order valence-electron chi connectivity index (χ3n) is 4.42. The van der Waals surface area contributed by atoms with Crippen molar-refractivity contribution < 1.29 is 9.90 Å². The lowest BCUT2D eigenvalue weighted by Crippen LogP contribution is -2.51. The summed E-state index contributed by atoms with van der Waals surface area (Å²) < 4.78 is 2.14. The van der Waals surface area contributed by atoms with Crippen LogP contribution in [0.3, 0.4) is 0 Å². The van der Waals surface area contributed by atoms with Crippen LogP contribution in [0.5, 0.6) is 0 Å². The average molecular weight is 392 g/mol. The van der Waals surface area contributed by atoms with Crippen LogP contribution in [-0.4, -0.2) is 40.3 Å². The first-order valence-electron chi connectivity index (χ1n) is 7.32. The number of hydrogen-bond donors (Lipinski definition) is 1. The molecule has 5 nitrogen and oxygen atoms in total. The van der Waals surface area contributed by atoms with Crippen LogP contribution in [-0.2, 0) is 7.05 Å². The van der Waals surface area contributed by atoms with Gasteiger partial charge in [-0.3, -0.25) is 4.99 Å². The average Bonchev–Trinajstić information content (AvgIpc) is 2.78. The summed E-state index contributed by atoms with van der Waals surface area (Å²) in [7, 11) is 3.85. The van der Waals surface area contributed by atoms with Crippen molar-refractivity contribution in [2.75, 3.05) is 13.6 Å². The molecule has 0 saturated carbocycles. The molecule has 2 atom stereocenters. The molecule has 1 aromatic rings. The minimum absolute atomic E-state index is 0. The molecule has 7 heteroatoms. The van der Waals surface area contributed by atoms with Crippen molar-refractivity contribution in [2.45, 2.75) is 45.6 Å². The number of piperidine rings is 1. The molecule has 0 radical (unpaired) electrons. The number of halogens is 1. The highest BCUT2D eigenvalue weighted by Crippen LogP contribution is 2.38. The number of hydrogen-bond acceptors (Lipinski definition) is 3. The maximum absolute atomic E-state index is 11.5. The molecule has 1 fully saturated rings. The Bertz CT molecular complexity index is 588. The van der Waals surface area contributed by atoms with Gasteiger partial charge in [-0.1, -0.05) is 20.8 Å². The lowest BCUT2D eigenvalue weighted by molar-refractivity contribution is 0.0517. The Morgan fingerprint density at radius 1 is 1.45 bits per heavy atom. The molecule has 1 N–H and O–H groups in total. The molecule has 0 bridgehead atoms. The Hall–Kier alpha value is -0.820. The quantitative estimate of drug-likeness (QED) is 0.796. The largest absolute Gasteiger partial charge is 0.465 e. The van der Waals surface area contributed by atoms with E-state index in [-0.39, 0.29) is 28.4 Å². The van der Waals surface area contributed by atoms with Gasteiger partial charge in [0.15, 0.2) is 4.80 Å². The van der Waals surface area contributed by atoms with E-state index in [1.54, 1.807) is 23.3 Å². The van der Waals surface area contributed by atoms with Crippen LogP contribution >= 0.6 is 28.3 Å². The predicted molar refractivity (Wildman–Crippen MR) is 95.0 cm³/mol. The van der Waals surface area contributed by atoms with E-state index in [1.165, 1.54) is 5.69 Å². The predicted octanol–water partition coefficient (Wildman–Crippen LogP) is 3.47. The second kappa shape index (κ2) is 7.17. The fourth-order valence-electron chi connectivity index (χ4n) is 3.24. The summed E-state index contributed by atoms with van der Waals surface area (Å²) in [6.07, 6.45) is 0.961. The van der Waals surface area contributed by atoms with E-state index in [9.17, 15) is 9.90 Å². The molecule has 22 heavy (non-hydrogen) atoms.